The maximum atomic E-state index is 11.5. The summed E-state index contributed by atoms with van der Waals surface area (Å²) in [6.07, 6.45) is 0.536. The number of hydrogen-bond acceptors (Lipinski definition) is 5. The van der Waals surface area contributed by atoms with Gasteiger partial charge in [0.2, 0.25) is 17.8 Å². The van der Waals surface area contributed by atoms with Gasteiger partial charge in [0.15, 0.2) is 0 Å². The molecule has 1 aromatic rings. The molecule has 25 heavy (non-hydrogen) atoms. The minimum absolute atomic E-state index is 0.0412. The number of ether oxygens (including phenoxy) is 1. The fourth-order valence-corrected chi connectivity index (χ4v) is 2.54. The largest absolute Gasteiger partial charge is 0.426 e. The summed E-state index contributed by atoms with van der Waals surface area (Å²) in [6, 6.07) is 6.70. The van der Waals surface area contributed by atoms with Gasteiger partial charge in [0.1, 0.15) is 5.75 Å². The number of guanidine groups is 1. The average molecular weight is 344 g/mol. The topological polar surface area (TPSA) is 100 Å². The zero-order valence-electron chi connectivity index (χ0n) is 14.6. The van der Waals surface area contributed by atoms with E-state index < -0.39 is 11.9 Å². The van der Waals surface area contributed by atoms with Gasteiger partial charge in [-0.1, -0.05) is 18.2 Å². The predicted octanol–water partition coefficient (Wildman–Crippen LogP) is 1.77. The van der Waals surface area contributed by atoms with E-state index in [1.165, 1.54) is 25.8 Å². The fourth-order valence-electron chi connectivity index (χ4n) is 2.54. The molecule has 8 heteroatoms. The molecule has 2 rings (SSSR count). The van der Waals surface area contributed by atoms with Crippen molar-refractivity contribution >= 4 is 29.5 Å². The molecule has 132 valence electrons. The first-order valence-electron chi connectivity index (χ1n) is 7.75. The third-order valence-corrected chi connectivity index (χ3v) is 3.36. The molecular formula is C17H20N4O4. The van der Waals surface area contributed by atoms with Gasteiger partial charge in [0, 0.05) is 38.5 Å². The molecule has 0 aromatic heterocycles. The second kappa shape index (κ2) is 7.69. The molecule has 0 fully saturated rings. The molecule has 1 aromatic carbocycles. The molecule has 1 N–H and O–H groups in total. The van der Waals surface area contributed by atoms with Gasteiger partial charge in [-0.05, 0) is 13.0 Å². The summed E-state index contributed by atoms with van der Waals surface area (Å²) in [5, 5.41) is 8.39. The number of esters is 1. The number of aliphatic imine (C=N–C) groups is 1. The summed E-state index contributed by atoms with van der Waals surface area (Å²) in [4.78, 5) is 38.1. The van der Waals surface area contributed by atoms with Gasteiger partial charge in [-0.15, -0.1) is 0 Å². The van der Waals surface area contributed by atoms with Crippen molar-refractivity contribution in [2.24, 2.45) is 10.1 Å². The van der Waals surface area contributed by atoms with E-state index in [0.29, 0.717) is 17.7 Å². The molecule has 8 nitrogen and oxygen atoms in total. The summed E-state index contributed by atoms with van der Waals surface area (Å²) < 4.78 is 5.27. The second-order valence-corrected chi connectivity index (χ2v) is 5.67. The summed E-state index contributed by atoms with van der Waals surface area (Å²) in [6.45, 7) is 5.77. The number of amides is 2. The first-order valence-corrected chi connectivity index (χ1v) is 7.75. The van der Waals surface area contributed by atoms with E-state index in [0.717, 1.165) is 5.71 Å². The standard InChI is InChI=1S/C17H20N4O4/c1-10-9-15(14-7-5-6-8-16(14)25-13(4)24)21(20-10)17(18-11(2)22)19-12(3)23/h5-8,15H,9H2,1-4H3,(H,18,19,22,23). The van der Waals surface area contributed by atoms with Crippen molar-refractivity contribution < 1.29 is 19.1 Å². The molecule has 0 radical (unpaired) electrons. The summed E-state index contributed by atoms with van der Waals surface area (Å²) in [5.74, 6) is -0.823. The maximum Gasteiger partial charge on any atom is 0.308 e. The van der Waals surface area contributed by atoms with E-state index in [1.807, 2.05) is 19.1 Å². The monoisotopic (exact) mass is 344 g/mol. The predicted molar refractivity (Wildman–Crippen MR) is 92.0 cm³/mol. The Labute approximate surface area is 145 Å². The first-order chi connectivity index (χ1) is 11.8. The normalized spacial score (nSPS) is 17.1. The lowest BCUT2D eigenvalue weighted by molar-refractivity contribution is -0.132. The minimum Gasteiger partial charge on any atom is -0.426 e. The van der Waals surface area contributed by atoms with Crippen LogP contribution in [0, 0.1) is 0 Å². The third-order valence-electron chi connectivity index (χ3n) is 3.36. The van der Waals surface area contributed by atoms with Gasteiger partial charge in [-0.2, -0.15) is 10.1 Å². The molecule has 0 bridgehead atoms. The Morgan fingerprint density at radius 1 is 1.24 bits per heavy atom. The third kappa shape index (κ3) is 4.72. The van der Waals surface area contributed by atoms with Crippen molar-refractivity contribution in [1.29, 1.82) is 0 Å². The molecule has 2 amide bonds. The molecule has 1 atom stereocenters. The van der Waals surface area contributed by atoms with Gasteiger partial charge in [0.25, 0.3) is 0 Å². The van der Waals surface area contributed by atoms with Crippen molar-refractivity contribution in [3.05, 3.63) is 29.8 Å². The highest BCUT2D eigenvalue weighted by Gasteiger charge is 2.32. The van der Waals surface area contributed by atoms with Crippen LogP contribution in [0.2, 0.25) is 0 Å². The van der Waals surface area contributed by atoms with Crippen LogP contribution in [0.1, 0.15) is 45.7 Å². The van der Waals surface area contributed by atoms with Crippen LogP contribution in [0.4, 0.5) is 0 Å². The van der Waals surface area contributed by atoms with Crippen LogP contribution in [0.25, 0.3) is 0 Å². The highest BCUT2D eigenvalue weighted by Crippen LogP contribution is 2.36. The Kier molecular flexibility index (Phi) is 5.63. The average Bonchev–Trinajstić information content (AvgIpc) is 2.87. The van der Waals surface area contributed by atoms with Gasteiger partial charge < -0.3 is 4.74 Å². The Balaban J connectivity index is 2.45. The van der Waals surface area contributed by atoms with Crippen molar-refractivity contribution in [2.75, 3.05) is 0 Å². The van der Waals surface area contributed by atoms with E-state index in [1.54, 1.807) is 12.1 Å². The zero-order chi connectivity index (χ0) is 18.6. The van der Waals surface area contributed by atoms with E-state index >= 15 is 0 Å². The highest BCUT2D eigenvalue weighted by molar-refractivity contribution is 6.02. The van der Waals surface area contributed by atoms with E-state index in [4.69, 9.17) is 4.74 Å². The van der Waals surface area contributed by atoms with Crippen molar-refractivity contribution in [2.45, 2.75) is 40.2 Å². The molecule has 1 aliphatic rings. The van der Waals surface area contributed by atoms with Crippen LogP contribution in [0.3, 0.4) is 0 Å². The summed E-state index contributed by atoms with van der Waals surface area (Å²) >= 11 is 0. The number of nitrogens with zero attached hydrogens (tertiary/aromatic N) is 3. The van der Waals surface area contributed by atoms with E-state index in [2.05, 4.69) is 15.4 Å². The zero-order valence-corrected chi connectivity index (χ0v) is 14.6. The number of benzene rings is 1. The Morgan fingerprint density at radius 2 is 1.92 bits per heavy atom. The molecule has 0 spiro atoms. The Hall–Kier alpha value is -3.03. The minimum atomic E-state index is -0.462. The molecule has 0 saturated carbocycles. The summed E-state index contributed by atoms with van der Waals surface area (Å²) in [7, 11) is 0. The molecule has 1 aliphatic heterocycles. The lowest BCUT2D eigenvalue weighted by atomic mass is 10.0. The van der Waals surface area contributed by atoms with Gasteiger partial charge in [-0.3, -0.25) is 19.7 Å². The molecular weight excluding hydrogens is 324 g/mol. The Bertz CT molecular complexity index is 770. The first kappa shape index (κ1) is 18.3. The van der Waals surface area contributed by atoms with Gasteiger partial charge in [-0.25, -0.2) is 5.01 Å². The Morgan fingerprint density at radius 3 is 2.52 bits per heavy atom. The van der Waals surface area contributed by atoms with Crippen LogP contribution in [-0.4, -0.2) is 34.5 Å². The second-order valence-electron chi connectivity index (χ2n) is 5.67. The van der Waals surface area contributed by atoms with Crippen molar-refractivity contribution in [1.82, 2.24) is 10.3 Å². The van der Waals surface area contributed by atoms with Crippen LogP contribution < -0.4 is 10.1 Å². The quantitative estimate of drug-likeness (QED) is 0.381. The van der Waals surface area contributed by atoms with Crippen LogP contribution in [-0.2, 0) is 14.4 Å². The molecule has 0 aliphatic carbocycles. The molecule has 0 saturated heterocycles. The maximum absolute atomic E-state index is 11.5. The number of hydrogen-bond donors (Lipinski definition) is 1. The molecule has 1 heterocycles. The van der Waals surface area contributed by atoms with E-state index in [9.17, 15) is 14.4 Å². The smallest absolute Gasteiger partial charge is 0.308 e. The van der Waals surface area contributed by atoms with Gasteiger partial charge >= 0.3 is 5.97 Å². The number of para-hydroxylation sites is 1. The molecule has 1 unspecified atom stereocenters. The number of nitrogens with one attached hydrogen (secondary N) is 1. The lowest BCUT2D eigenvalue weighted by Crippen LogP contribution is -2.41. The number of hydrazone groups is 1. The highest BCUT2D eigenvalue weighted by atomic mass is 16.5. The van der Waals surface area contributed by atoms with Crippen LogP contribution in [0.15, 0.2) is 34.4 Å². The number of carbonyl (C=O) groups excluding carboxylic acids is 3. The SMILES string of the molecule is CC(=O)N=C(NC(C)=O)N1N=C(C)CC1c1ccccc1OC(C)=O. The van der Waals surface area contributed by atoms with Crippen LogP contribution >= 0.6 is 0 Å². The van der Waals surface area contributed by atoms with Crippen molar-refractivity contribution in [3.63, 3.8) is 0 Å². The lowest BCUT2D eigenvalue weighted by Gasteiger charge is -2.26. The van der Waals surface area contributed by atoms with E-state index in [-0.39, 0.29) is 17.9 Å². The van der Waals surface area contributed by atoms with Gasteiger partial charge in [0.05, 0.1) is 6.04 Å². The fraction of sp³-hybridized carbons (Fsp3) is 0.353. The van der Waals surface area contributed by atoms with Crippen LogP contribution in [0.5, 0.6) is 5.75 Å². The van der Waals surface area contributed by atoms with Crippen molar-refractivity contribution in [3.8, 4) is 5.75 Å². The summed E-state index contributed by atoms with van der Waals surface area (Å²) in [5.41, 5.74) is 1.50. The number of carbonyl (C=O) groups is 3. The number of rotatable bonds is 2.